The summed E-state index contributed by atoms with van der Waals surface area (Å²) in [6, 6.07) is 13.2. The number of hydrogen-bond acceptors (Lipinski definition) is 4. The summed E-state index contributed by atoms with van der Waals surface area (Å²) in [5.41, 5.74) is 7.34. The standard InChI is InChI=1S/C29H40N2O2/c1-5-24-16-26(12-13-27(24)19-31-17-21(2)18-31)22(3)30-33-20-23-11-14-28(29(15-23)32-4)25-9-7-6-8-10-25/h11-16,21,25H,5-10,17-20H2,1-4H3/b30-22+. The zero-order valence-corrected chi connectivity index (χ0v) is 20.9. The highest BCUT2D eigenvalue weighted by Crippen LogP contribution is 2.37. The molecule has 1 aliphatic heterocycles. The summed E-state index contributed by atoms with van der Waals surface area (Å²) < 4.78 is 5.72. The van der Waals surface area contributed by atoms with E-state index in [1.807, 2.05) is 6.92 Å². The van der Waals surface area contributed by atoms with Crippen LogP contribution in [-0.2, 0) is 24.4 Å². The van der Waals surface area contributed by atoms with Crippen molar-refractivity contribution in [2.75, 3.05) is 20.2 Å². The topological polar surface area (TPSA) is 34.1 Å². The maximum Gasteiger partial charge on any atom is 0.142 e. The quantitative estimate of drug-likeness (QED) is 0.316. The van der Waals surface area contributed by atoms with Gasteiger partial charge in [0.2, 0.25) is 0 Å². The van der Waals surface area contributed by atoms with Crippen molar-refractivity contribution in [2.45, 2.75) is 78.4 Å². The summed E-state index contributed by atoms with van der Waals surface area (Å²) in [6.07, 6.45) is 7.59. The summed E-state index contributed by atoms with van der Waals surface area (Å²) in [5, 5.41) is 4.43. The first kappa shape index (κ1) is 23.8. The minimum absolute atomic E-state index is 0.449. The van der Waals surface area contributed by atoms with E-state index in [4.69, 9.17) is 9.57 Å². The zero-order chi connectivity index (χ0) is 23.2. The fourth-order valence-corrected chi connectivity index (χ4v) is 5.38. The van der Waals surface area contributed by atoms with Crippen molar-refractivity contribution < 1.29 is 9.57 Å². The molecule has 4 heteroatoms. The predicted octanol–water partition coefficient (Wildman–Crippen LogP) is 6.70. The fraction of sp³-hybridized carbons (Fsp3) is 0.552. The van der Waals surface area contributed by atoms with Crippen LogP contribution in [0.15, 0.2) is 41.6 Å². The minimum Gasteiger partial charge on any atom is -0.496 e. The summed E-state index contributed by atoms with van der Waals surface area (Å²) in [6.45, 7) is 10.5. The molecule has 1 aliphatic carbocycles. The van der Waals surface area contributed by atoms with Crippen LogP contribution in [0.3, 0.4) is 0 Å². The molecule has 2 aromatic carbocycles. The highest BCUT2D eigenvalue weighted by Gasteiger charge is 2.23. The first-order chi connectivity index (χ1) is 16.1. The molecule has 1 saturated carbocycles. The van der Waals surface area contributed by atoms with Gasteiger partial charge in [-0.05, 0) is 78.0 Å². The predicted molar refractivity (Wildman–Crippen MR) is 136 cm³/mol. The Morgan fingerprint density at radius 1 is 1.03 bits per heavy atom. The second-order valence-corrected chi connectivity index (χ2v) is 10.00. The number of likely N-dealkylation sites (tertiary alicyclic amines) is 1. The third kappa shape index (κ3) is 5.97. The molecule has 0 unspecified atom stereocenters. The SMILES string of the molecule is CCc1cc(/C(C)=N/OCc2ccc(C3CCCCC3)c(OC)c2)ccc1CN1CC(C)C1. The van der Waals surface area contributed by atoms with Crippen molar-refractivity contribution in [3.8, 4) is 5.75 Å². The molecular formula is C29H40N2O2. The number of ether oxygens (including phenoxy) is 1. The van der Waals surface area contributed by atoms with E-state index >= 15 is 0 Å². The average Bonchev–Trinajstić information content (AvgIpc) is 2.83. The van der Waals surface area contributed by atoms with Gasteiger partial charge in [-0.25, -0.2) is 0 Å². The molecule has 1 heterocycles. The Labute approximate surface area is 200 Å². The van der Waals surface area contributed by atoms with Gasteiger partial charge in [-0.15, -0.1) is 0 Å². The van der Waals surface area contributed by atoms with Crippen molar-refractivity contribution in [2.24, 2.45) is 11.1 Å². The molecule has 0 bridgehead atoms. The second kappa shape index (κ2) is 11.2. The van der Waals surface area contributed by atoms with Gasteiger partial charge in [0.05, 0.1) is 12.8 Å². The van der Waals surface area contributed by atoms with Crippen LogP contribution >= 0.6 is 0 Å². The number of nitrogens with zero attached hydrogens (tertiary/aromatic N) is 2. The van der Waals surface area contributed by atoms with Crippen LogP contribution in [0.1, 0.15) is 86.6 Å². The Hall–Kier alpha value is -2.33. The van der Waals surface area contributed by atoms with E-state index in [1.54, 1.807) is 7.11 Å². The molecule has 0 N–H and O–H groups in total. The molecule has 0 atom stereocenters. The molecule has 0 amide bonds. The van der Waals surface area contributed by atoms with Crippen LogP contribution in [-0.4, -0.2) is 30.8 Å². The van der Waals surface area contributed by atoms with Crippen molar-refractivity contribution in [3.63, 3.8) is 0 Å². The summed E-state index contributed by atoms with van der Waals surface area (Å²) in [5.74, 6) is 2.46. The van der Waals surface area contributed by atoms with E-state index in [-0.39, 0.29) is 0 Å². The van der Waals surface area contributed by atoms with Crippen LogP contribution < -0.4 is 4.74 Å². The van der Waals surface area contributed by atoms with Crippen LogP contribution in [0.2, 0.25) is 0 Å². The summed E-state index contributed by atoms with van der Waals surface area (Å²) >= 11 is 0. The van der Waals surface area contributed by atoms with Gasteiger partial charge in [-0.3, -0.25) is 4.90 Å². The van der Waals surface area contributed by atoms with Crippen molar-refractivity contribution in [1.82, 2.24) is 4.90 Å². The molecule has 33 heavy (non-hydrogen) atoms. The number of hydrogen-bond donors (Lipinski definition) is 0. The monoisotopic (exact) mass is 448 g/mol. The number of oxime groups is 1. The zero-order valence-electron chi connectivity index (χ0n) is 20.9. The van der Waals surface area contributed by atoms with Crippen molar-refractivity contribution in [1.29, 1.82) is 0 Å². The van der Waals surface area contributed by atoms with Crippen LogP contribution in [0, 0.1) is 5.92 Å². The molecule has 4 rings (SSSR count). The number of methoxy groups -OCH3 is 1. The maximum absolute atomic E-state index is 5.75. The van der Waals surface area contributed by atoms with Gasteiger partial charge in [-0.1, -0.05) is 62.5 Å². The molecular weight excluding hydrogens is 408 g/mol. The van der Waals surface area contributed by atoms with Gasteiger partial charge in [0.1, 0.15) is 12.4 Å². The summed E-state index contributed by atoms with van der Waals surface area (Å²) in [7, 11) is 1.77. The van der Waals surface area contributed by atoms with E-state index in [9.17, 15) is 0 Å². The lowest BCUT2D eigenvalue weighted by molar-refractivity contribution is 0.104. The minimum atomic E-state index is 0.449. The van der Waals surface area contributed by atoms with Gasteiger partial charge in [0, 0.05) is 19.6 Å². The van der Waals surface area contributed by atoms with E-state index in [1.165, 1.54) is 61.9 Å². The molecule has 178 valence electrons. The smallest absolute Gasteiger partial charge is 0.142 e. The molecule has 2 aromatic rings. The normalized spacial score (nSPS) is 18.2. The lowest BCUT2D eigenvalue weighted by Crippen LogP contribution is -2.44. The summed E-state index contributed by atoms with van der Waals surface area (Å²) in [4.78, 5) is 8.28. The van der Waals surface area contributed by atoms with E-state index in [0.717, 1.165) is 41.5 Å². The van der Waals surface area contributed by atoms with Gasteiger partial charge < -0.3 is 9.57 Å². The number of benzene rings is 2. The fourth-order valence-electron chi connectivity index (χ4n) is 5.38. The Balaban J connectivity index is 1.37. The first-order valence-corrected chi connectivity index (χ1v) is 12.7. The van der Waals surface area contributed by atoms with Gasteiger partial charge in [-0.2, -0.15) is 0 Å². The molecule has 4 nitrogen and oxygen atoms in total. The lowest BCUT2D eigenvalue weighted by atomic mass is 9.83. The molecule has 0 aromatic heterocycles. The Morgan fingerprint density at radius 2 is 1.82 bits per heavy atom. The largest absolute Gasteiger partial charge is 0.496 e. The van der Waals surface area contributed by atoms with Crippen molar-refractivity contribution >= 4 is 5.71 Å². The Kier molecular flexibility index (Phi) is 8.08. The van der Waals surface area contributed by atoms with Gasteiger partial charge >= 0.3 is 0 Å². The second-order valence-electron chi connectivity index (χ2n) is 10.00. The van der Waals surface area contributed by atoms with Crippen LogP contribution in [0.4, 0.5) is 0 Å². The lowest BCUT2D eigenvalue weighted by Gasteiger charge is -2.37. The van der Waals surface area contributed by atoms with E-state index in [0.29, 0.717) is 12.5 Å². The van der Waals surface area contributed by atoms with Crippen LogP contribution in [0.5, 0.6) is 5.75 Å². The third-order valence-electron chi connectivity index (χ3n) is 7.31. The van der Waals surface area contributed by atoms with Gasteiger partial charge in [0.25, 0.3) is 0 Å². The van der Waals surface area contributed by atoms with Gasteiger partial charge in [0.15, 0.2) is 0 Å². The van der Waals surface area contributed by atoms with E-state index < -0.39 is 0 Å². The molecule has 2 aliphatic rings. The number of aryl methyl sites for hydroxylation is 1. The highest BCUT2D eigenvalue weighted by atomic mass is 16.6. The highest BCUT2D eigenvalue weighted by molar-refractivity contribution is 5.98. The van der Waals surface area contributed by atoms with E-state index in [2.05, 4.69) is 60.3 Å². The molecule has 1 saturated heterocycles. The van der Waals surface area contributed by atoms with Crippen LogP contribution in [0.25, 0.3) is 0 Å². The Morgan fingerprint density at radius 3 is 2.52 bits per heavy atom. The average molecular weight is 449 g/mol. The molecule has 2 fully saturated rings. The van der Waals surface area contributed by atoms with Crippen molar-refractivity contribution in [3.05, 3.63) is 64.2 Å². The first-order valence-electron chi connectivity index (χ1n) is 12.7. The number of rotatable bonds is 9. The Bertz CT molecular complexity index is 956. The molecule has 0 spiro atoms. The third-order valence-corrected chi connectivity index (χ3v) is 7.31. The maximum atomic E-state index is 5.75. The molecule has 0 radical (unpaired) electrons.